The average Bonchev–Trinajstić information content (AvgIpc) is 2.48. The van der Waals surface area contributed by atoms with E-state index in [-0.39, 0.29) is 5.92 Å². The number of likely N-dealkylation sites (tertiary alicyclic amines) is 1. The number of carboxylic acids is 1. The minimum Gasteiger partial charge on any atom is -0.486 e. The molecule has 1 N–H and O–H groups in total. The normalized spacial score (nSPS) is 22.0. The van der Waals surface area contributed by atoms with Gasteiger partial charge in [-0.05, 0) is 37.1 Å². The molecule has 1 aromatic carbocycles. The Bertz CT molecular complexity index is 549. The number of carbonyl (C=O) groups is 1. The van der Waals surface area contributed by atoms with Crippen LogP contribution < -0.4 is 9.47 Å². The smallest absolute Gasteiger partial charge is 0.307 e. The molecule has 2 heterocycles. The zero-order valence-corrected chi connectivity index (χ0v) is 13.3. The van der Waals surface area contributed by atoms with Crippen LogP contribution in [0.2, 0.25) is 0 Å². The van der Waals surface area contributed by atoms with E-state index < -0.39 is 5.97 Å². The Labute approximate surface area is 132 Å². The second kappa shape index (κ2) is 6.23. The Kier molecular flexibility index (Phi) is 4.35. The molecule has 114 valence electrons. The predicted molar refractivity (Wildman–Crippen MR) is 80.8 cm³/mol. The highest BCUT2D eigenvalue weighted by atomic mass is 79.9. The van der Waals surface area contributed by atoms with Gasteiger partial charge in [0.2, 0.25) is 0 Å². The maximum atomic E-state index is 11.1. The second-order valence-electron chi connectivity index (χ2n) is 5.50. The summed E-state index contributed by atoms with van der Waals surface area (Å²) in [5.41, 5.74) is 1.10. The molecule has 1 aromatic rings. The van der Waals surface area contributed by atoms with Gasteiger partial charge in [0.25, 0.3) is 0 Å². The van der Waals surface area contributed by atoms with Gasteiger partial charge in [-0.1, -0.05) is 15.9 Å². The number of hydrogen-bond acceptors (Lipinski definition) is 4. The van der Waals surface area contributed by atoms with Crippen LogP contribution in [-0.4, -0.2) is 42.3 Å². The van der Waals surface area contributed by atoms with Crippen molar-refractivity contribution in [3.8, 4) is 11.5 Å². The molecular weight excluding hydrogens is 338 g/mol. The standard InChI is InChI=1S/C15H18BrNO4/c16-12-7-14-13(20-4-5-21-14)6-11(12)9-17-3-1-2-10(8-17)15(18)19/h6-7,10H,1-5,8-9H2,(H,18,19)/t10-/m1/s1. The predicted octanol–water partition coefficient (Wildman–Crippen LogP) is 2.52. The number of carboxylic acid groups (broad SMARTS) is 1. The van der Waals surface area contributed by atoms with Gasteiger partial charge in [0.1, 0.15) is 13.2 Å². The summed E-state index contributed by atoms with van der Waals surface area (Å²) in [5.74, 6) is 0.584. The Hall–Kier alpha value is -1.27. The van der Waals surface area contributed by atoms with Gasteiger partial charge < -0.3 is 14.6 Å². The molecule has 2 aliphatic rings. The number of fused-ring (bicyclic) bond motifs is 1. The molecule has 1 atom stereocenters. The Balaban J connectivity index is 1.73. The van der Waals surface area contributed by atoms with E-state index in [4.69, 9.17) is 14.6 Å². The molecule has 2 aliphatic heterocycles. The van der Waals surface area contributed by atoms with Gasteiger partial charge in [0, 0.05) is 17.6 Å². The summed E-state index contributed by atoms with van der Waals surface area (Å²) in [6, 6.07) is 3.92. The van der Waals surface area contributed by atoms with Crippen LogP contribution >= 0.6 is 15.9 Å². The quantitative estimate of drug-likeness (QED) is 0.902. The highest BCUT2D eigenvalue weighted by Gasteiger charge is 2.26. The lowest BCUT2D eigenvalue weighted by Gasteiger charge is -2.31. The van der Waals surface area contributed by atoms with Crippen molar-refractivity contribution < 1.29 is 19.4 Å². The van der Waals surface area contributed by atoms with Crippen LogP contribution in [0.1, 0.15) is 18.4 Å². The number of aliphatic carboxylic acids is 1. The van der Waals surface area contributed by atoms with Crippen molar-refractivity contribution >= 4 is 21.9 Å². The maximum absolute atomic E-state index is 11.1. The van der Waals surface area contributed by atoms with Gasteiger partial charge in [0.05, 0.1) is 5.92 Å². The van der Waals surface area contributed by atoms with Crippen LogP contribution in [0.5, 0.6) is 11.5 Å². The summed E-state index contributed by atoms with van der Waals surface area (Å²) >= 11 is 3.57. The van der Waals surface area contributed by atoms with Crippen molar-refractivity contribution in [1.29, 1.82) is 0 Å². The molecule has 1 saturated heterocycles. The summed E-state index contributed by atoms with van der Waals surface area (Å²) in [6.07, 6.45) is 1.70. The van der Waals surface area contributed by atoms with Crippen LogP contribution in [0.3, 0.4) is 0 Å². The third-order valence-corrected chi connectivity index (χ3v) is 4.70. The van der Waals surface area contributed by atoms with E-state index in [1.54, 1.807) is 0 Å². The molecule has 6 heteroatoms. The van der Waals surface area contributed by atoms with E-state index in [2.05, 4.69) is 20.8 Å². The lowest BCUT2D eigenvalue weighted by Crippen LogP contribution is -2.38. The van der Waals surface area contributed by atoms with Crippen molar-refractivity contribution in [2.24, 2.45) is 5.92 Å². The molecular formula is C15H18BrNO4. The zero-order valence-electron chi connectivity index (χ0n) is 11.7. The number of nitrogens with zero attached hydrogens (tertiary/aromatic N) is 1. The van der Waals surface area contributed by atoms with Crippen molar-refractivity contribution in [2.75, 3.05) is 26.3 Å². The largest absolute Gasteiger partial charge is 0.486 e. The first-order valence-corrected chi connectivity index (χ1v) is 7.96. The molecule has 0 spiro atoms. The second-order valence-corrected chi connectivity index (χ2v) is 6.35. The molecule has 5 nitrogen and oxygen atoms in total. The van der Waals surface area contributed by atoms with Gasteiger partial charge in [-0.25, -0.2) is 0 Å². The number of benzene rings is 1. The minimum absolute atomic E-state index is 0.255. The maximum Gasteiger partial charge on any atom is 0.307 e. The lowest BCUT2D eigenvalue weighted by atomic mass is 9.98. The SMILES string of the molecule is O=C(O)[C@@H]1CCCN(Cc2cc3c(cc2Br)OCCO3)C1. The monoisotopic (exact) mass is 355 g/mol. The fraction of sp³-hybridized carbons (Fsp3) is 0.533. The molecule has 0 saturated carbocycles. The molecule has 0 amide bonds. The van der Waals surface area contributed by atoms with E-state index in [9.17, 15) is 4.79 Å². The summed E-state index contributed by atoms with van der Waals surface area (Å²) in [4.78, 5) is 13.3. The summed E-state index contributed by atoms with van der Waals surface area (Å²) in [7, 11) is 0. The molecule has 0 radical (unpaired) electrons. The lowest BCUT2D eigenvalue weighted by molar-refractivity contribution is -0.143. The van der Waals surface area contributed by atoms with Crippen molar-refractivity contribution in [1.82, 2.24) is 4.90 Å². The fourth-order valence-corrected chi connectivity index (χ4v) is 3.32. The summed E-state index contributed by atoms with van der Waals surface area (Å²) in [5, 5.41) is 9.16. The highest BCUT2D eigenvalue weighted by molar-refractivity contribution is 9.10. The molecule has 3 rings (SSSR count). The Morgan fingerprint density at radius 1 is 1.33 bits per heavy atom. The molecule has 0 bridgehead atoms. The van der Waals surface area contributed by atoms with Gasteiger partial charge in [-0.2, -0.15) is 0 Å². The van der Waals surface area contributed by atoms with Crippen LogP contribution in [0, 0.1) is 5.92 Å². The number of hydrogen-bond donors (Lipinski definition) is 1. The van der Waals surface area contributed by atoms with E-state index in [0.717, 1.165) is 47.5 Å². The highest BCUT2D eigenvalue weighted by Crippen LogP contribution is 2.36. The molecule has 0 aromatic heterocycles. The number of halogens is 1. The van der Waals surface area contributed by atoms with Crippen molar-refractivity contribution in [2.45, 2.75) is 19.4 Å². The first-order chi connectivity index (χ1) is 10.1. The first-order valence-electron chi connectivity index (χ1n) is 7.16. The first kappa shape index (κ1) is 14.7. The Morgan fingerprint density at radius 3 is 2.76 bits per heavy atom. The van der Waals surface area contributed by atoms with Crippen LogP contribution in [0.15, 0.2) is 16.6 Å². The number of rotatable bonds is 3. The van der Waals surface area contributed by atoms with E-state index in [1.165, 1.54) is 0 Å². The topological polar surface area (TPSA) is 59.0 Å². The third-order valence-electron chi connectivity index (χ3n) is 3.96. The average molecular weight is 356 g/mol. The molecule has 21 heavy (non-hydrogen) atoms. The van der Waals surface area contributed by atoms with Crippen molar-refractivity contribution in [3.63, 3.8) is 0 Å². The van der Waals surface area contributed by atoms with E-state index in [0.29, 0.717) is 19.8 Å². The van der Waals surface area contributed by atoms with Gasteiger partial charge in [-0.3, -0.25) is 9.69 Å². The number of piperidine rings is 1. The summed E-state index contributed by atoms with van der Waals surface area (Å²) in [6.45, 7) is 3.41. The minimum atomic E-state index is -0.694. The summed E-state index contributed by atoms with van der Waals surface area (Å²) < 4.78 is 12.1. The van der Waals surface area contributed by atoms with Gasteiger partial charge in [0.15, 0.2) is 11.5 Å². The third kappa shape index (κ3) is 3.32. The molecule has 0 unspecified atom stereocenters. The van der Waals surface area contributed by atoms with Crippen LogP contribution in [-0.2, 0) is 11.3 Å². The van der Waals surface area contributed by atoms with E-state index in [1.807, 2.05) is 12.1 Å². The zero-order chi connectivity index (χ0) is 14.8. The number of ether oxygens (including phenoxy) is 2. The van der Waals surface area contributed by atoms with Crippen LogP contribution in [0.25, 0.3) is 0 Å². The van der Waals surface area contributed by atoms with Gasteiger partial charge in [-0.15, -0.1) is 0 Å². The molecule has 0 aliphatic carbocycles. The Morgan fingerprint density at radius 2 is 2.05 bits per heavy atom. The fourth-order valence-electron chi connectivity index (χ4n) is 2.87. The van der Waals surface area contributed by atoms with Gasteiger partial charge >= 0.3 is 5.97 Å². The molecule has 1 fully saturated rings. The van der Waals surface area contributed by atoms with Crippen LogP contribution in [0.4, 0.5) is 0 Å². The van der Waals surface area contributed by atoms with E-state index >= 15 is 0 Å². The van der Waals surface area contributed by atoms with Crippen molar-refractivity contribution in [3.05, 3.63) is 22.2 Å².